The number of rotatable bonds is 5. The van der Waals surface area contributed by atoms with Gasteiger partial charge in [-0.3, -0.25) is 4.79 Å². The van der Waals surface area contributed by atoms with Gasteiger partial charge in [0.15, 0.2) is 0 Å². The Morgan fingerprint density at radius 2 is 1.96 bits per heavy atom. The number of benzene rings is 1. The van der Waals surface area contributed by atoms with Gasteiger partial charge >= 0.3 is 6.03 Å². The predicted octanol–water partition coefficient (Wildman–Crippen LogP) is 1.78. The maximum atomic E-state index is 12.2. The summed E-state index contributed by atoms with van der Waals surface area (Å²) in [6.07, 6.45) is 4.91. The maximum Gasteiger partial charge on any atom is 0.315 e. The fourth-order valence-corrected chi connectivity index (χ4v) is 3.56. The molecule has 1 aromatic rings. The molecule has 3 fully saturated rings. The first kappa shape index (κ1) is 14.5. The molecule has 3 aliphatic rings. The van der Waals surface area contributed by atoms with E-state index in [9.17, 15) is 9.59 Å². The first-order valence-corrected chi connectivity index (χ1v) is 8.56. The van der Waals surface area contributed by atoms with E-state index < -0.39 is 0 Å². The van der Waals surface area contributed by atoms with Gasteiger partial charge in [0.25, 0.3) is 0 Å². The zero-order valence-corrected chi connectivity index (χ0v) is 13.3. The van der Waals surface area contributed by atoms with Crippen LogP contribution in [-0.2, 0) is 10.2 Å². The Morgan fingerprint density at radius 3 is 2.61 bits per heavy atom. The Labute approximate surface area is 136 Å². The van der Waals surface area contributed by atoms with Crippen molar-refractivity contribution < 1.29 is 9.59 Å². The van der Waals surface area contributed by atoms with Gasteiger partial charge in [-0.05, 0) is 31.2 Å². The first-order chi connectivity index (χ1) is 11.2. The summed E-state index contributed by atoms with van der Waals surface area (Å²) >= 11 is 0. The fourth-order valence-electron chi connectivity index (χ4n) is 3.56. The normalized spacial score (nSPS) is 25.3. The molecule has 23 heavy (non-hydrogen) atoms. The molecule has 1 unspecified atom stereocenters. The van der Waals surface area contributed by atoms with E-state index in [1.165, 1.54) is 5.56 Å². The molecule has 4 rings (SSSR count). The third-order valence-corrected chi connectivity index (χ3v) is 5.31. The topological polar surface area (TPSA) is 61.4 Å². The van der Waals surface area contributed by atoms with Crippen LogP contribution >= 0.6 is 0 Å². The third-order valence-electron chi connectivity index (χ3n) is 5.31. The Balaban J connectivity index is 1.27. The quantitative estimate of drug-likeness (QED) is 0.870. The second-order valence-corrected chi connectivity index (χ2v) is 7.15. The largest absolute Gasteiger partial charge is 0.338 e. The molecular weight excluding hydrogens is 290 g/mol. The van der Waals surface area contributed by atoms with Gasteiger partial charge in [-0.2, -0.15) is 0 Å². The molecule has 5 heteroatoms. The summed E-state index contributed by atoms with van der Waals surface area (Å²) in [5, 5.41) is 5.97. The molecule has 1 aromatic carbocycles. The molecule has 2 aliphatic carbocycles. The van der Waals surface area contributed by atoms with E-state index in [0.29, 0.717) is 25.6 Å². The molecule has 0 aromatic heterocycles. The summed E-state index contributed by atoms with van der Waals surface area (Å²) in [5.41, 5.74) is 1.42. The van der Waals surface area contributed by atoms with Crippen molar-refractivity contribution in [1.82, 2.24) is 15.5 Å². The molecule has 122 valence electrons. The average Bonchev–Trinajstić information content (AvgIpc) is 3.47. The molecular formula is C18H23N3O2. The number of likely N-dealkylation sites (tertiary alicyclic amines) is 1. The van der Waals surface area contributed by atoms with E-state index in [2.05, 4.69) is 22.8 Å². The number of urea groups is 1. The highest BCUT2D eigenvalue weighted by Crippen LogP contribution is 2.47. The van der Waals surface area contributed by atoms with Crippen molar-refractivity contribution in [2.24, 2.45) is 0 Å². The van der Waals surface area contributed by atoms with Crippen LogP contribution in [0.2, 0.25) is 0 Å². The van der Waals surface area contributed by atoms with E-state index in [4.69, 9.17) is 0 Å². The van der Waals surface area contributed by atoms with Gasteiger partial charge < -0.3 is 15.5 Å². The lowest BCUT2D eigenvalue weighted by atomic mass is 9.96. The standard InChI is InChI=1S/C18H23N3O2/c22-16-10-14(11-21(16)15-6-7-15)20-17(23)19-12-18(8-9-18)13-4-2-1-3-5-13/h1-5,14-15H,6-12H2,(H2,19,20,23). The van der Waals surface area contributed by atoms with Crippen LogP contribution in [0.15, 0.2) is 30.3 Å². The number of hydrogen-bond acceptors (Lipinski definition) is 2. The van der Waals surface area contributed by atoms with E-state index >= 15 is 0 Å². The van der Waals surface area contributed by atoms with Crippen molar-refractivity contribution >= 4 is 11.9 Å². The molecule has 0 radical (unpaired) electrons. The lowest BCUT2D eigenvalue weighted by Crippen LogP contribution is -2.45. The van der Waals surface area contributed by atoms with Crippen molar-refractivity contribution in [1.29, 1.82) is 0 Å². The van der Waals surface area contributed by atoms with E-state index in [1.54, 1.807) is 0 Å². The minimum absolute atomic E-state index is 0.0463. The van der Waals surface area contributed by atoms with Crippen LogP contribution in [0.1, 0.15) is 37.7 Å². The number of hydrogen-bond donors (Lipinski definition) is 2. The van der Waals surface area contributed by atoms with Crippen LogP contribution in [0.3, 0.4) is 0 Å². The summed E-state index contributed by atoms with van der Waals surface area (Å²) in [6.45, 7) is 1.33. The number of carbonyl (C=O) groups is 2. The van der Waals surface area contributed by atoms with E-state index in [0.717, 1.165) is 25.7 Å². The van der Waals surface area contributed by atoms with Crippen LogP contribution in [-0.4, -0.2) is 42.0 Å². The number of nitrogens with zero attached hydrogens (tertiary/aromatic N) is 1. The summed E-state index contributed by atoms with van der Waals surface area (Å²) in [4.78, 5) is 26.0. The Kier molecular flexibility index (Phi) is 3.51. The van der Waals surface area contributed by atoms with Gasteiger partial charge in [-0.1, -0.05) is 30.3 Å². The van der Waals surface area contributed by atoms with Crippen LogP contribution in [0.25, 0.3) is 0 Å². The summed E-state index contributed by atoms with van der Waals surface area (Å²) in [7, 11) is 0. The van der Waals surface area contributed by atoms with Crippen LogP contribution in [0.5, 0.6) is 0 Å². The lowest BCUT2D eigenvalue weighted by Gasteiger charge is -2.19. The van der Waals surface area contributed by atoms with Crippen molar-refractivity contribution in [2.45, 2.75) is 49.6 Å². The predicted molar refractivity (Wildman–Crippen MR) is 87.0 cm³/mol. The molecule has 1 heterocycles. The highest BCUT2D eigenvalue weighted by atomic mass is 16.2. The monoisotopic (exact) mass is 313 g/mol. The van der Waals surface area contributed by atoms with Crippen molar-refractivity contribution in [3.63, 3.8) is 0 Å². The minimum atomic E-state index is -0.150. The third kappa shape index (κ3) is 3.05. The first-order valence-electron chi connectivity index (χ1n) is 8.56. The zero-order chi connectivity index (χ0) is 15.9. The van der Waals surface area contributed by atoms with Crippen molar-refractivity contribution in [3.8, 4) is 0 Å². The molecule has 1 saturated heterocycles. The van der Waals surface area contributed by atoms with Gasteiger partial charge in [0.2, 0.25) is 5.91 Å². The van der Waals surface area contributed by atoms with Crippen LogP contribution in [0.4, 0.5) is 4.79 Å². The number of carbonyl (C=O) groups excluding carboxylic acids is 2. The molecule has 2 saturated carbocycles. The van der Waals surface area contributed by atoms with E-state index in [1.807, 2.05) is 23.1 Å². The number of amides is 3. The lowest BCUT2D eigenvalue weighted by molar-refractivity contribution is -0.128. The summed E-state index contributed by atoms with van der Waals surface area (Å²) in [6, 6.07) is 10.6. The molecule has 1 aliphatic heterocycles. The van der Waals surface area contributed by atoms with Crippen molar-refractivity contribution in [3.05, 3.63) is 35.9 Å². The smallest absolute Gasteiger partial charge is 0.315 e. The van der Waals surface area contributed by atoms with Gasteiger partial charge in [0.1, 0.15) is 0 Å². The zero-order valence-electron chi connectivity index (χ0n) is 13.3. The van der Waals surface area contributed by atoms with Gasteiger partial charge in [-0.15, -0.1) is 0 Å². The van der Waals surface area contributed by atoms with Gasteiger partial charge in [0, 0.05) is 31.0 Å². The van der Waals surface area contributed by atoms with Crippen molar-refractivity contribution in [2.75, 3.05) is 13.1 Å². The summed E-state index contributed by atoms with van der Waals surface area (Å²) < 4.78 is 0. The molecule has 3 amide bonds. The highest BCUT2D eigenvalue weighted by Gasteiger charge is 2.44. The van der Waals surface area contributed by atoms with Crippen LogP contribution in [0, 0.1) is 0 Å². The molecule has 0 bridgehead atoms. The van der Waals surface area contributed by atoms with E-state index in [-0.39, 0.29) is 23.4 Å². The second-order valence-electron chi connectivity index (χ2n) is 7.15. The average molecular weight is 313 g/mol. The SMILES string of the molecule is O=C(NCC1(c2ccccc2)CC1)NC1CC(=O)N(C2CC2)C1. The molecule has 0 spiro atoms. The Hall–Kier alpha value is -2.04. The molecule has 1 atom stereocenters. The molecule has 5 nitrogen and oxygen atoms in total. The Morgan fingerprint density at radius 1 is 1.22 bits per heavy atom. The second kappa shape index (κ2) is 5.55. The van der Waals surface area contributed by atoms with Crippen LogP contribution < -0.4 is 10.6 Å². The number of nitrogens with one attached hydrogen (secondary N) is 2. The highest BCUT2D eigenvalue weighted by molar-refractivity contribution is 5.82. The minimum Gasteiger partial charge on any atom is -0.338 e. The van der Waals surface area contributed by atoms with Gasteiger partial charge in [-0.25, -0.2) is 4.79 Å². The fraction of sp³-hybridized carbons (Fsp3) is 0.556. The molecule has 2 N–H and O–H groups in total. The maximum absolute atomic E-state index is 12.2. The summed E-state index contributed by atoms with van der Waals surface area (Å²) in [5.74, 6) is 0.181. The Bertz CT molecular complexity index is 608. The van der Waals surface area contributed by atoms with Gasteiger partial charge in [0.05, 0.1) is 6.04 Å².